The molecule has 5 nitrogen and oxygen atoms in total. The minimum Gasteiger partial charge on any atom is -0.399 e. The summed E-state index contributed by atoms with van der Waals surface area (Å²) >= 11 is 0. The molecule has 6 heteroatoms. The van der Waals surface area contributed by atoms with Gasteiger partial charge in [-0.25, -0.2) is 4.83 Å². The smallest absolute Gasteiger partial charge is 0.276 e. The van der Waals surface area contributed by atoms with Crippen molar-refractivity contribution in [2.45, 2.75) is 4.90 Å². The molecule has 2 rings (SSSR count). The first-order valence-corrected chi connectivity index (χ1v) is 7.68. The van der Waals surface area contributed by atoms with Gasteiger partial charge in [0.1, 0.15) is 0 Å². The molecular formula is C15H15N3O2S. The number of benzene rings is 2. The number of hydrogen-bond acceptors (Lipinski definition) is 4. The van der Waals surface area contributed by atoms with Crippen molar-refractivity contribution in [3.8, 4) is 0 Å². The zero-order valence-electron chi connectivity index (χ0n) is 11.2. The van der Waals surface area contributed by atoms with Gasteiger partial charge in [-0.05, 0) is 35.9 Å². The van der Waals surface area contributed by atoms with Gasteiger partial charge in [0.15, 0.2) is 0 Å². The number of rotatable bonds is 5. The number of hydrogen-bond donors (Lipinski definition) is 2. The largest absolute Gasteiger partial charge is 0.399 e. The maximum atomic E-state index is 11.9. The molecule has 0 aliphatic rings. The highest BCUT2D eigenvalue weighted by Crippen LogP contribution is 2.11. The molecule has 0 radical (unpaired) electrons. The Morgan fingerprint density at radius 1 is 1.00 bits per heavy atom. The summed E-state index contributed by atoms with van der Waals surface area (Å²) in [6.45, 7) is 0. The van der Waals surface area contributed by atoms with Crippen LogP contribution in [0.3, 0.4) is 0 Å². The van der Waals surface area contributed by atoms with Gasteiger partial charge in [-0.3, -0.25) is 0 Å². The quantitative estimate of drug-likeness (QED) is 0.504. The number of nitrogens with two attached hydrogens (primary N) is 1. The summed E-state index contributed by atoms with van der Waals surface area (Å²) in [5.74, 6) is 0. The number of sulfonamides is 1. The van der Waals surface area contributed by atoms with Crippen LogP contribution in [-0.2, 0) is 10.0 Å². The predicted molar refractivity (Wildman–Crippen MR) is 85.1 cm³/mol. The van der Waals surface area contributed by atoms with Crippen molar-refractivity contribution in [3.63, 3.8) is 0 Å². The van der Waals surface area contributed by atoms with Crippen molar-refractivity contribution >= 4 is 28.0 Å². The molecule has 0 unspecified atom stereocenters. The van der Waals surface area contributed by atoms with Gasteiger partial charge >= 0.3 is 0 Å². The lowest BCUT2D eigenvalue weighted by Gasteiger charge is -2.02. The first-order valence-electron chi connectivity index (χ1n) is 6.20. The summed E-state index contributed by atoms with van der Waals surface area (Å²) in [6, 6.07) is 15.5. The second kappa shape index (κ2) is 6.71. The van der Waals surface area contributed by atoms with Crippen molar-refractivity contribution in [1.82, 2.24) is 4.83 Å². The molecule has 0 aromatic heterocycles. The van der Waals surface area contributed by atoms with E-state index in [4.69, 9.17) is 5.73 Å². The van der Waals surface area contributed by atoms with Crippen molar-refractivity contribution in [1.29, 1.82) is 0 Å². The molecule has 0 saturated carbocycles. The van der Waals surface area contributed by atoms with Crippen molar-refractivity contribution in [3.05, 3.63) is 66.2 Å². The van der Waals surface area contributed by atoms with Crippen molar-refractivity contribution in [2.24, 2.45) is 5.10 Å². The van der Waals surface area contributed by atoms with E-state index in [1.54, 1.807) is 6.08 Å². The maximum Gasteiger partial charge on any atom is 0.276 e. The summed E-state index contributed by atoms with van der Waals surface area (Å²) in [6.07, 6.45) is 4.85. The lowest BCUT2D eigenvalue weighted by molar-refractivity contribution is 0.584. The van der Waals surface area contributed by atoms with E-state index in [0.717, 1.165) is 5.56 Å². The summed E-state index contributed by atoms with van der Waals surface area (Å²) in [5, 5.41) is 3.68. The molecule has 3 N–H and O–H groups in total. The van der Waals surface area contributed by atoms with Gasteiger partial charge in [0.25, 0.3) is 10.0 Å². The van der Waals surface area contributed by atoms with Crippen LogP contribution < -0.4 is 10.6 Å². The Morgan fingerprint density at radius 2 is 1.67 bits per heavy atom. The predicted octanol–water partition coefficient (Wildman–Crippen LogP) is 2.25. The lowest BCUT2D eigenvalue weighted by atomic mass is 10.2. The Balaban J connectivity index is 1.97. The number of nitrogen functional groups attached to an aromatic ring is 1. The van der Waals surface area contributed by atoms with E-state index in [1.165, 1.54) is 30.5 Å². The van der Waals surface area contributed by atoms with Gasteiger partial charge in [0.05, 0.1) is 4.90 Å². The molecule has 2 aromatic carbocycles. The van der Waals surface area contributed by atoms with Crippen LogP contribution in [0.15, 0.2) is 70.7 Å². The monoisotopic (exact) mass is 301 g/mol. The minimum atomic E-state index is -3.66. The lowest BCUT2D eigenvalue weighted by Crippen LogP contribution is -2.18. The summed E-state index contributed by atoms with van der Waals surface area (Å²) in [5.41, 5.74) is 7.02. The van der Waals surface area contributed by atoms with Crippen molar-refractivity contribution in [2.75, 3.05) is 5.73 Å². The zero-order chi connectivity index (χ0) is 15.1. The van der Waals surface area contributed by atoms with Crippen LogP contribution in [0.25, 0.3) is 6.08 Å². The average Bonchev–Trinajstić information content (AvgIpc) is 2.48. The maximum absolute atomic E-state index is 11.9. The molecule has 2 aromatic rings. The number of anilines is 1. The molecule has 0 aliphatic carbocycles. The molecule has 0 atom stereocenters. The van der Waals surface area contributed by atoms with Gasteiger partial charge in [-0.2, -0.15) is 13.5 Å². The molecule has 21 heavy (non-hydrogen) atoms. The van der Waals surface area contributed by atoms with Crippen LogP contribution in [-0.4, -0.2) is 14.6 Å². The molecule has 0 spiro atoms. The normalized spacial score (nSPS) is 12.0. The van der Waals surface area contributed by atoms with Crippen LogP contribution in [0.2, 0.25) is 0 Å². The highest BCUT2D eigenvalue weighted by molar-refractivity contribution is 7.89. The Kier molecular flexibility index (Phi) is 4.73. The fourth-order valence-electron chi connectivity index (χ4n) is 1.56. The number of nitrogens with zero attached hydrogens (tertiary/aromatic N) is 1. The fourth-order valence-corrected chi connectivity index (χ4v) is 2.36. The molecule has 108 valence electrons. The third-order valence-electron chi connectivity index (χ3n) is 2.61. The van der Waals surface area contributed by atoms with E-state index in [2.05, 4.69) is 9.93 Å². The van der Waals surface area contributed by atoms with Crippen LogP contribution in [0, 0.1) is 0 Å². The number of hydrazone groups is 1. The second-order valence-electron chi connectivity index (χ2n) is 4.21. The van der Waals surface area contributed by atoms with Crippen molar-refractivity contribution < 1.29 is 8.42 Å². The number of nitrogens with one attached hydrogen (secondary N) is 1. The van der Waals surface area contributed by atoms with Gasteiger partial charge in [-0.15, -0.1) is 0 Å². The first-order chi connectivity index (χ1) is 10.1. The Labute approximate surface area is 123 Å². The van der Waals surface area contributed by atoms with E-state index in [-0.39, 0.29) is 4.90 Å². The third-order valence-corrected chi connectivity index (χ3v) is 3.85. The van der Waals surface area contributed by atoms with Gasteiger partial charge in [0.2, 0.25) is 0 Å². The summed E-state index contributed by atoms with van der Waals surface area (Å²) in [7, 11) is -3.66. The zero-order valence-corrected chi connectivity index (χ0v) is 12.0. The van der Waals surface area contributed by atoms with Crippen LogP contribution >= 0.6 is 0 Å². The molecule has 0 fully saturated rings. The fraction of sp³-hybridized carbons (Fsp3) is 0. The van der Waals surface area contributed by atoms with Gasteiger partial charge in [0, 0.05) is 11.9 Å². The molecular weight excluding hydrogens is 286 g/mol. The molecule has 0 aliphatic heterocycles. The summed E-state index contributed by atoms with van der Waals surface area (Å²) < 4.78 is 23.8. The molecule has 0 amide bonds. The van der Waals surface area contributed by atoms with E-state index >= 15 is 0 Å². The van der Waals surface area contributed by atoms with Crippen LogP contribution in [0.5, 0.6) is 0 Å². The highest BCUT2D eigenvalue weighted by atomic mass is 32.2. The molecule has 0 saturated heterocycles. The van der Waals surface area contributed by atoms with Gasteiger partial charge in [-0.1, -0.05) is 36.4 Å². The Bertz CT molecular complexity index is 736. The topological polar surface area (TPSA) is 84.5 Å². The SMILES string of the molecule is Nc1ccc(S(=O)(=O)N/N=C\C=C/c2ccccc2)cc1. The Hall–Kier alpha value is -2.60. The Morgan fingerprint density at radius 3 is 2.33 bits per heavy atom. The van der Waals surface area contributed by atoms with Crippen LogP contribution in [0.1, 0.15) is 5.56 Å². The van der Waals surface area contributed by atoms with E-state index < -0.39 is 10.0 Å². The van der Waals surface area contributed by atoms with Gasteiger partial charge < -0.3 is 5.73 Å². The van der Waals surface area contributed by atoms with E-state index in [1.807, 2.05) is 36.4 Å². The van der Waals surface area contributed by atoms with E-state index in [9.17, 15) is 8.42 Å². The molecule has 0 bridgehead atoms. The number of allylic oxidation sites excluding steroid dienone is 1. The minimum absolute atomic E-state index is 0.112. The third kappa shape index (κ3) is 4.47. The average molecular weight is 301 g/mol. The second-order valence-corrected chi connectivity index (χ2v) is 5.87. The van der Waals surface area contributed by atoms with E-state index in [0.29, 0.717) is 5.69 Å². The molecule has 0 heterocycles. The standard InChI is InChI=1S/C15H15N3O2S/c16-14-8-10-15(11-9-14)21(19,20)18-17-12-4-7-13-5-2-1-3-6-13/h1-12,18H,16H2/b7-4-,17-12-. The summed E-state index contributed by atoms with van der Waals surface area (Å²) in [4.78, 5) is 2.24. The highest BCUT2D eigenvalue weighted by Gasteiger charge is 2.11. The first kappa shape index (κ1) is 14.8. The van der Waals surface area contributed by atoms with Crippen LogP contribution in [0.4, 0.5) is 5.69 Å².